The summed E-state index contributed by atoms with van der Waals surface area (Å²) in [6.45, 7) is 8.92. The zero-order valence-electron chi connectivity index (χ0n) is 27.2. The van der Waals surface area contributed by atoms with Gasteiger partial charge in [-0.15, -0.1) is 0 Å². The number of esters is 1. The predicted molar refractivity (Wildman–Crippen MR) is 165 cm³/mol. The molecule has 3 heterocycles. The van der Waals surface area contributed by atoms with Gasteiger partial charge in [-0.1, -0.05) is 26.7 Å². The summed E-state index contributed by atoms with van der Waals surface area (Å²) < 4.78 is 14.6. The third kappa shape index (κ3) is 6.76. The normalized spacial score (nSPS) is 46.8. The van der Waals surface area contributed by atoms with Crippen LogP contribution in [0.2, 0.25) is 0 Å². The third-order valence-electron chi connectivity index (χ3n) is 12.6. The Labute approximate surface area is 266 Å². The Bertz CT molecular complexity index is 1130. The van der Waals surface area contributed by atoms with Crippen LogP contribution in [0.25, 0.3) is 0 Å². The van der Waals surface area contributed by atoms with E-state index >= 15 is 0 Å². The molecule has 1 unspecified atom stereocenters. The highest BCUT2D eigenvalue weighted by atomic mass is 16.6. The number of aliphatic hydroxyl groups is 6. The lowest BCUT2D eigenvalue weighted by atomic mass is 9.44. The first-order chi connectivity index (χ1) is 21.2. The summed E-state index contributed by atoms with van der Waals surface area (Å²) >= 11 is 0. The van der Waals surface area contributed by atoms with Gasteiger partial charge in [-0.25, -0.2) is 4.79 Å². The van der Waals surface area contributed by atoms with E-state index < -0.39 is 36.6 Å². The monoisotopic (exact) mass is 634 g/mol. The summed E-state index contributed by atoms with van der Waals surface area (Å²) in [5.41, 5.74) is 2.36. The second kappa shape index (κ2) is 13.5. The van der Waals surface area contributed by atoms with Crippen LogP contribution in [0.5, 0.6) is 0 Å². The molecule has 6 N–H and O–H groups in total. The van der Waals surface area contributed by atoms with Crippen LogP contribution >= 0.6 is 0 Å². The van der Waals surface area contributed by atoms with Gasteiger partial charge in [0.15, 0.2) is 0 Å². The number of carbonyl (C=O) groups excluding carboxylic acids is 1. The fourth-order valence-electron chi connectivity index (χ4n) is 10.1. The number of cyclic esters (lactones) is 1. The maximum absolute atomic E-state index is 11.6. The van der Waals surface area contributed by atoms with Crippen molar-refractivity contribution < 1.29 is 49.6 Å². The van der Waals surface area contributed by atoms with Gasteiger partial charge in [0.05, 0.1) is 0 Å². The molecule has 10 heteroatoms. The molecule has 4 aliphatic carbocycles. The van der Waals surface area contributed by atoms with Gasteiger partial charge in [0.25, 0.3) is 11.9 Å². The fourth-order valence-corrected chi connectivity index (χ4v) is 10.1. The van der Waals surface area contributed by atoms with Crippen LogP contribution in [0.4, 0.5) is 0 Å². The molecule has 45 heavy (non-hydrogen) atoms. The van der Waals surface area contributed by atoms with E-state index in [2.05, 4.69) is 23.3 Å². The molecule has 0 radical (unpaired) electrons. The number of fused-ring (bicyclic) bond motifs is 5. The minimum atomic E-state index is -1.02. The van der Waals surface area contributed by atoms with Crippen molar-refractivity contribution in [1.82, 2.24) is 0 Å². The lowest BCUT2D eigenvalue weighted by molar-refractivity contribution is -0.135. The molecule has 0 saturated heterocycles. The summed E-state index contributed by atoms with van der Waals surface area (Å²) in [4.78, 5) is 11.6. The van der Waals surface area contributed by atoms with Gasteiger partial charge in [0, 0.05) is 18.2 Å². The number of hydrogen-bond donors (Lipinski definition) is 6. The molecular weight excluding hydrogens is 580 g/mol. The van der Waals surface area contributed by atoms with E-state index in [1.807, 2.05) is 6.08 Å². The van der Waals surface area contributed by atoms with Gasteiger partial charge in [0.2, 0.25) is 0 Å². The molecule has 7 aliphatic rings. The van der Waals surface area contributed by atoms with Crippen molar-refractivity contribution in [1.29, 1.82) is 0 Å². The van der Waals surface area contributed by atoms with Crippen LogP contribution in [-0.4, -0.2) is 79.8 Å². The Hall–Kier alpha value is -2.27. The summed E-state index contributed by atoms with van der Waals surface area (Å²) in [5.74, 6) is 3.64. The summed E-state index contributed by atoms with van der Waals surface area (Å²) in [6.07, 6.45) is 13.2. The molecule has 0 aromatic heterocycles. The minimum Gasteiger partial charge on any atom is -0.481 e. The van der Waals surface area contributed by atoms with Crippen molar-refractivity contribution in [2.75, 3.05) is 6.61 Å². The van der Waals surface area contributed by atoms with E-state index in [0.717, 1.165) is 35.8 Å². The Morgan fingerprint density at radius 2 is 1.33 bits per heavy atom. The average Bonchev–Trinajstić information content (AvgIpc) is 3.57. The number of rotatable bonds is 1. The predicted octanol–water partition coefficient (Wildman–Crippen LogP) is 4.57. The van der Waals surface area contributed by atoms with Crippen LogP contribution in [0.3, 0.4) is 0 Å². The molecule has 0 aromatic carbocycles. The van der Waals surface area contributed by atoms with Gasteiger partial charge in [0.1, 0.15) is 43.2 Å². The van der Waals surface area contributed by atoms with Gasteiger partial charge < -0.3 is 44.8 Å². The molecule has 0 spiro atoms. The summed E-state index contributed by atoms with van der Waals surface area (Å²) in [7, 11) is 0. The lowest BCUT2D eigenvalue weighted by Gasteiger charge is -2.60. The summed E-state index contributed by atoms with van der Waals surface area (Å²) in [5, 5.41) is 53.4. The maximum atomic E-state index is 11.6. The molecule has 0 bridgehead atoms. The molecule has 3 aliphatic heterocycles. The fraction of sp³-hybridized carbons (Fsp3) is 0.800. The molecule has 0 amide bonds. The largest absolute Gasteiger partial charge is 0.481 e. The molecule has 10 nitrogen and oxygen atoms in total. The topological polar surface area (TPSA) is 166 Å². The van der Waals surface area contributed by atoms with Gasteiger partial charge >= 0.3 is 5.97 Å². The van der Waals surface area contributed by atoms with Gasteiger partial charge in [-0.2, -0.15) is 0 Å². The van der Waals surface area contributed by atoms with Crippen LogP contribution in [-0.2, 0) is 19.0 Å². The minimum absolute atomic E-state index is 0.106. The second-order valence-electron chi connectivity index (χ2n) is 15.0. The SMILES string of the molecule is C[C@H]1OC(O)=C[C@H](O)[C@@H]1O.C[C@H]1OC(O)=C[C@H](O)[C@@H]1O.C[C@]12CC[C@H]3[C@@H](CCC4CCCC[C@@]43C)[C@@H]1CC[C@@H]2C1=CC(=O)OC1. The van der Waals surface area contributed by atoms with Crippen LogP contribution in [0.1, 0.15) is 91.9 Å². The Morgan fingerprint density at radius 1 is 0.733 bits per heavy atom. The number of ether oxygens (including phenoxy) is 3. The van der Waals surface area contributed by atoms with E-state index in [4.69, 9.17) is 35.4 Å². The van der Waals surface area contributed by atoms with Gasteiger partial charge in [-0.05, 0) is 111 Å². The van der Waals surface area contributed by atoms with Crippen molar-refractivity contribution >= 4 is 5.97 Å². The van der Waals surface area contributed by atoms with Crippen molar-refractivity contribution in [3.05, 3.63) is 35.7 Å². The highest BCUT2D eigenvalue weighted by Crippen LogP contribution is 2.68. The zero-order chi connectivity index (χ0) is 32.7. The first-order valence-corrected chi connectivity index (χ1v) is 17.0. The molecule has 4 fully saturated rings. The van der Waals surface area contributed by atoms with Crippen molar-refractivity contribution in [3.63, 3.8) is 0 Å². The molecule has 254 valence electrons. The van der Waals surface area contributed by atoms with Crippen molar-refractivity contribution in [2.45, 2.75) is 129 Å². The smallest absolute Gasteiger partial charge is 0.331 e. The molecule has 7 rings (SSSR count). The van der Waals surface area contributed by atoms with Crippen molar-refractivity contribution in [3.8, 4) is 0 Å². The lowest BCUT2D eigenvalue weighted by Crippen LogP contribution is -2.52. The van der Waals surface area contributed by atoms with Crippen molar-refractivity contribution in [2.24, 2.45) is 40.4 Å². The van der Waals surface area contributed by atoms with Crippen LogP contribution < -0.4 is 0 Å². The van der Waals surface area contributed by atoms with Gasteiger partial charge in [-0.3, -0.25) is 0 Å². The standard InChI is InChI=1S/C23H34O2.2C6H10O4/c1-22-11-4-3-5-16(22)6-7-17-19-9-8-18(15-13-21(24)25-14-15)23(19,2)12-10-20(17)22;2*1-3-6(9)4(7)2-5(8)10-3/h13,16-20H,3-12,14H2,1-2H3;2*2-4,6-9H,1H3/t16?,17-,18+,19-,20-,22-,23+;2*3-,4+,6-/m011/s1. The molecule has 4 saturated carbocycles. The maximum Gasteiger partial charge on any atom is 0.331 e. The van der Waals surface area contributed by atoms with E-state index in [0.29, 0.717) is 23.4 Å². The molecular formula is C35H54O10. The Morgan fingerprint density at radius 3 is 1.89 bits per heavy atom. The Kier molecular flexibility index (Phi) is 10.2. The number of hydrogen-bond acceptors (Lipinski definition) is 10. The first kappa shape index (κ1) is 34.1. The zero-order valence-corrected chi connectivity index (χ0v) is 27.2. The second-order valence-corrected chi connectivity index (χ2v) is 15.0. The van der Waals surface area contributed by atoms with Crippen LogP contribution in [0, 0.1) is 40.4 Å². The molecule has 13 atom stereocenters. The van der Waals surface area contributed by atoms with E-state index in [9.17, 15) is 4.79 Å². The highest BCUT2D eigenvalue weighted by molar-refractivity contribution is 5.85. The van der Waals surface area contributed by atoms with E-state index in [-0.39, 0.29) is 17.9 Å². The number of carbonyl (C=O) groups is 1. The number of aliphatic hydroxyl groups excluding tert-OH is 6. The summed E-state index contributed by atoms with van der Waals surface area (Å²) in [6, 6.07) is 0. The highest BCUT2D eigenvalue weighted by Gasteiger charge is 2.60. The van der Waals surface area contributed by atoms with E-state index in [1.54, 1.807) is 13.8 Å². The quantitative estimate of drug-likeness (QED) is 0.225. The molecule has 0 aromatic rings. The first-order valence-electron chi connectivity index (χ1n) is 17.0. The Balaban J connectivity index is 0.000000165. The van der Waals surface area contributed by atoms with Crippen LogP contribution in [0.15, 0.2) is 35.7 Å². The van der Waals surface area contributed by atoms with E-state index in [1.165, 1.54) is 69.8 Å². The average molecular weight is 635 g/mol. The third-order valence-corrected chi connectivity index (χ3v) is 12.6.